The molecule has 1 aromatic carbocycles. The molecular weight excluding hydrogens is 328 g/mol. The van der Waals surface area contributed by atoms with Gasteiger partial charge in [-0.2, -0.15) is 0 Å². The van der Waals surface area contributed by atoms with E-state index < -0.39 is 0 Å². The van der Waals surface area contributed by atoms with Crippen molar-refractivity contribution in [3.63, 3.8) is 0 Å². The van der Waals surface area contributed by atoms with Crippen LogP contribution in [-0.4, -0.2) is 62.0 Å². The third kappa shape index (κ3) is 3.94. The molecule has 3 amide bonds. The summed E-state index contributed by atoms with van der Waals surface area (Å²) in [4.78, 5) is 30.4. The number of carbonyl (C=O) groups excluding carboxylic acids is 2. The van der Waals surface area contributed by atoms with Crippen molar-refractivity contribution >= 4 is 23.3 Å². The van der Waals surface area contributed by atoms with E-state index in [0.29, 0.717) is 6.42 Å². The Hall–Kier alpha value is -2.24. The highest BCUT2D eigenvalue weighted by atomic mass is 16.2. The first kappa shape index (κ1) is 18.5. The molecule has 0 unspecified atom stereocenters. The van der Waals surface area contributed by atoms with Crippen molar-refractivity contribution in [1.29, 1.82) is 0 Å². The Labute approximate surface area is 156 Å². The smallest absolute Gasteiger partial charge is 0.321 e. The van der Waals surface area contributed by atoms with Gasteiger partial charge in [0.05, 0.1) is 0 Å². The lowest BCUT2D eigenvalue weighted by molar-refractivity contribution is -0.138. The van der Waals surface area contributed by atoms with Crippen LogP contribution in [0.4, 0.5) is 16.2 Å². The summed E-state index contributed by atoms with van der Waals surface area (Å²) in [6.45, 7) is 5.19. The van der Waals surface area contributed by atoms with Gasteiger partial charge in [0.2, 0.25) is 5.91 Å². The molecule has 0 bridgehead atoms. The van der Waals surface area contributed by atoms with Gasteiger partial charge in [0, 0.05) is 58.1 Å². The molecule has 0 aromatic heterocycles. The van der Waals surface area contributed by atoms with Crippen molar-refractivity contribution in [2.75, 3.05) is 50.5 Å². The number of anilines is 2. The van der Waals surface area contributed by atoms with Gasteiger partial charge < -0.3 is 20.0 Å². The van der Waals surface area contributed by atoms with Crippen LogP contribution in [0.3, 0.4) is 0 Å². The highest BCUT2D eigenvalue weighted by Crippen LogP contribution is 2.40. The Balaban J connectivity index is 1.54. The number of piperidine rings is 2. The molecule has 2 heterocycles. The van der Waals surface area contributed by atoms with E-state index in [2.05, 4.69) is 5.32 Å². The van der Waals surface area contributed by atoms with Crippen LogP contribution in [0.5, 0.6) is 0 Å². The van der Waals surface area contributed by atoms with Gasteiger partial charge in [-0.1, -0.05) is 0 Å². The number of urea groups is 1. The first-order chi connectivity index (χ1) is 12.4. The molecule has 1 aromatic rings. The van der Waals surface area contributed by atoms with Gasteiger partial charge in [-0.15, -0.1) is 0 Å². The molecule has 0 saturated carbocycles. The SMILES string of the molecule is CCN1CC2(CCC1=O)CCN(C(=O)Nc1ccc(N(C)C)cc1)CC2. The summed E-state index contributed by atoms with van der Waals surface area (Å²) in [5, 5.41) is 3.00. The Morgan fingerprint density at radius 1 is 1.15 bits per heavy atom. The van der Waals surface area contributed by atoms with E-state index in [1.807, 2.05) is 60.0 Å². The lowest BCUT2D eigenvalue weighted by Crippen LogP contribution is -2.52. The molecule has 6 nitrogen and oxygen atoms in total. The average Bonchev–Trinajstić information content (AvgIpc) is 2.65. The Bertz CT molecular complexity index is 648. The zero-order chi connectivity index (χ0) is 18.7. The maximum Gasteiger partial charge on any atom is 0.321 e. The minimum Gasteiger partial charge on any atom is -0.378 e. The number of hydrogen-bond donors (Lipinski definition) is 1. The van der Waals surface area contributed by atoms with Crippen molar-refractivity contribution in [2.24, 2.45) is 5.41 Å². The molecule has 1 spiro atoms. The van der Waals surface area contributed by atoms with Gasteiger partial charge in [-0.05, 0) is 55.9 Å². The third-order valence-electron chi connectivity index (χ3n) is 5.88. The predicted molar refractivity (Wildman–Crippen MR) is 105 cm³/mol. The number of rotatable bonds is 3. The lowest BCUT2D eigenvalue weighted by Gasteiger charge is -2.47. The van der Waals surface area contributed by atoms with E-state index in [0.717, 1.165) is 56.8 Å². The third-order valence-corrected chi connectivity index (χ3v) is 5.88. The van der Waals surface area contributed by atoms with Gasteiger partial charge >= 0.3 is 6.03 Å². The molecule has 2 aliphatic heterocycles. The topological polar surface area (TPSA) is 55.9 Å². The minimum atomic E-state index is -0.0308. The molecular formula is C20H30N4O2. The zero-order valence-corrected chi connectivity index (χ0v) is 16.1. The summed E-state index contributed by atoms with van der Waals surface area (Å²) in [7, 11) is 3.99. The van der Waals surface area contributed by atoms with Crippen molar-refractivity contribution in [2.45, 2.75) is 32.6 Å². The van der Waals surface area contributed by atoms with Crippen LogP contribution in [0, 0.1) is 5.41 Å². The molecule has 142 valence electrons. The van der Waals surface area contributed by atoms with Crippen LogP contribution < -0.4 is 10.2 Å². The van der Waals surface area contributed by atoms with E-state index in [4.69, 9.17) is 0 Å². The fraction of sp³-hybridized carbons (Fsp3) is 0.600. The van der Waals surface area contributed by atoms with Crippen LogP contribution in [0.25, 0.3) is 0 Å². The fourth-order valence-corrected chi connectivity index (χ4v) is 4.03. The van der Waals surface area contributed by atoms with Gasteiger partial charge in [0.15, 0.2) is 0 Å². The van der Waals surface area contributed by atoms with Crippen LogP contribution in [-0.2, 0) is 4.79 Å². The molecule has 2 saturated heterocycles. The highest BCUT2D eigenvalue weighted by Gasteiger charge is 2.41. The largest absolute Gasteiger partial charge is 0.378 e. The summed E-state index contributed by atoms with van der Waals surface area (Å²) < 4.78 is 0. The number of amides is 3. The second kappa shape index (κ2) is 7.56. The standard InChI is InChI=1S/C20H30N4O2/c1-4-23-15-20(10-9-18(23)25)11-13-24(14-12-20)19(26)21-16-5-7-17(8-6-16)22(2)3/h5-8H,4,9-15H2,1-3H3,(H,21,26). The van der Waals surface area contributed by atoms with Crippen molar-refractivity contribution in [1.82, 2.24) is 9.80 Å². The van der Waals surface area contributed by atoms with Crippen molar-refractivity contribution < 1.29 is 9.59 Å². The lowest BCUT2D eigenvalue weighted by atomic mass is 9.72. The van der Waals surface area contributed by atoms with E-state index in [-0.39, 0.29) is 17.4 Å². The van der Waals surface area contributed by atoms with Crippen molar-refractivity contribution in [3.8, 4) is 0 Å². The van der Waals surface area contributed by atoms with Crippen LogP contribution in [0.15, 0.2) is 24.3 Å². The van der Waals surface area contributed by atoms with E-state index in [1.165, 1.54) is 0 Å². The molecule has 1 N–H and O–H groups in total. The first-order valence-electron chi connectivity index (χ1n) is 9.53. The number of nitrogens with one attached hydrogen (secondary N) is 1. The zero-order valence-electron chi connectivity index (χ0n) is 16.1. The summed E-state index contributed by atoms with van der Waals surface area (Å²) in [6.07, 6.45) is 3.57. The minimum absolute atomic E-state index is 0.0308. The summed E-state index contributed by atoms with van der Waals surface area (Å²) in [5.41, 5.74) is 2.13. The molecule has 2 aliphatic rings. The predicted octanol–water partition coefficient (Wildman–Crippen LogP) is 3.01. The number of hydrogen-bond acceptors (Lipinski definition) is 3. The number of nitrogens with zero attached hydrogens (tertiary/aromatic N) is 3. The second-order valence-corrected chi connectivity index (χ2v) is 7.77. The van der Waals surface area contributed by atoms with Crippen molar-refractivity contribution in [3.05, 3.63) is 24.3 Å². The molecule has 6 heteroatoms. The van der Waals surface area contributed by atoms with Gasteiger partial charge in [0.1, 0.15) is 0 Å². The maximum atomic E-state index is 12.6. The van der Waals surface area contributed by atoms with Gasteiger partial charge in [-0.3, -0.25) is 4.79 Å². The summed E-state index contributed by atoms with van der Waals surface area (Å²) in [5.74, 6) is 0.277. The highest BCUT2D eigenvalue weighted by molar-refractivity contribution is 5.89. The van der Waals surface area contributed by atoms with E-state index >= 15 is 0 Å². The summed E-state index contributed by atoms with van der Waals surface area (Å²) >= 11 is 0. The molecule has 0 atom stereocenters. The van der Waals surface area contributed by atoms with Gasteiger partial charge in [0.25, 0.3) is 0 Å². The maximum absolute atomic E-state index is 12.6. The molecule has 0 radical (unpaired) electrons. The molecule has 3 rings (SSSR count). The van der Waals surface area contributed by atoms with Crippen LogP contribution >= 0.6 is 0 Å². The van der Waals surface area contributed by atoms with Crippen LogP contribution in [0.2, 0.25) is 0 Å². The average molecular weight is 358 g/mol. The normalized spacial score (nSPS) is 19.6. The quantitative estimate of drug-likeness (QED) is 0.904. The Morgan fingerprint density at radius 3 is 2.38 bits per heavy atom. The van der Waals surface area contributed by atoms with E-state index in [9.17, 15) is 9.59 Å². The Kier molecular flexibility index (Phi) is 5.39. The second-order valence-electron chi connectivity index (χ2n) is 7.77. The van der Waals surface area contributed by atoms with Crippen LogP contribution in [0.1, 0.15) is 32.6 Å². The molecule has 2 fully saturated rings. The number of carbonyl (C=O) groups is 2. The Morgan fingerprint density at radius 2 is 1.81 bits per heavy atom. The number of benzene rings is 1. The first-order valence-corrected chi connectivity index (χ1v) is 9.53. The monoisotopic (exact) mass is 358 g/mol. The number of likely N-dealkylation sites (tertiary alicyclic amines) is 2. The summed E-state index contributed by atoms with van der Waals surface area (Å²) in [6, 6.07) is 7.84. The van der Waals surface area contributed by atoms with E-state index in [1.54, 1.807) is 0 Å². The molecule has 26 heavy (non-hydrogen) atoms. The fourth-order valence-electron chi connectivity index (χ4n) is 4.03. The van der Waals surface area contributed by atoms with Gasteiger partial charge in [-0.25, -0.2) is 4.79 Å². The molecule has 0 aliphatic carbocycles.